The van der Waals surface area contributed by atoms with Gasteiger partial charge in [-0.25, -0.2) is 8.42 Å². The van der Waals surface area contributed by atoms with Crippen LogP contribution in [0.3, 0.4) is 0 Å². The first-order valence-electron chi connectivity index (χ1n) is 6.14. The predicted molar refractivity (Wildman–Crippen MR) is 72.1 cm³/mol. The van der Waals surface area contributed by atoms with Crippen molar-refractivity contribution in [1.29, 1.82) is 0 Å². The summed E-state index contributed by atoms with van der Waals surface area (Å²) >= 11 is 0. The number of carbonyl (C=O) groups excluding carboxylic acids is 1. The Morgan fingerprint density at radius 3 is 2.61 bits per heavy atom. The third kappa shape index (κ3) is 5.64. The number of nitrogens with one attached hydrogen (secondary N) is 1. The minimum absolute atomic E-state index is 0.0813. The van der Waals surface area contributed by atoms with Crippen LogP contribution in [0.5, 0.6) is 0 Å². The van der Waals surface area contributed by atoms with Crippen LogP contribution in [0.4, 0.5) is 0 Å². The van der Waals surface area contributed by atoms with Gasteiger partial charge in [0, 0.05) is 24.9 Å². The summed E-state index contributed by atoms with van der Waals surface area (Å²) < 4.78 is 22.6. The molecule has 0 aliphatic heterocycles. The Morgan fingerprint density at radius 1 is 1.56 bits per heavy atom. The Bertz CT molecular complexity index is 402. The first-order valence-corrected chi connectivity index (χ1v) is 8.20. The predicted octanol–water partition coefficient (Wildman–Crippen LogP) is 0.186. The fourth-order valence-corrected chi connectivity index (χ4v) is 3.06. The zero-order valence-electron chi connectivity index (χ0n) is 11.1. The molecule has 0 aromatic rings. The topological polar surface area (TPSA) is 66.5 Å². The molecular formula is C12H22N2O3S. The standard InChI is InChI=1S/C12H22N2O3S/c1-4-7-13-12(15)8-14(11-5-6-11)10(2)9-18(3,16)17/h4,10-11H,1,5-9H2,2-3H3,(H,13,15). The second kappa shape index (κ2) is 6.33. The van der Waals surface area contributed by atoms with Crippen molar-refractivity contribution in [3.8, 4) is 0 Å². The fourth-order valence-electron chi connectivity index (χ4n) is 1.99. The molecule has 18 heavy (non-hydrogen) atoms. The van der Waals surface area contributed by atoms with Crippen LogP contribution in [-0.2, 0) is 14.6 Å². The van der Waals surface area contributed by atoms with Gasteiger partial charge in [0.05, 0.1) is 12.3 Å². The lowest BCUT2D eigenvalue weighted by atomic mass is 10.3. The highest BCUT2D eigenvalue weighted by atomic mass is 32.2. The molecule has 1 atom stereocenters. The van der Waals surface area contributed by atoms with E-state index in [1.165, 1.54) is 6.26 Å². The van der Waals surface area contributed by atoms with Crippen LogP contribution in [0, 0.1) is 0 Å². The number of carbonyl (C=O) groups is 1. The van der Waals surface area contributed by atoms with Gasteiger partial charge in [-0.3, -0.25) is 9.69 Å². The van der Waals surface area contributed by atoms with E-state index in [1.807, 2.05) is 11.8 Å². The molecule has 1 saturated carbocycles. The maximum absolute atomic E-state index is 11.7. The average molecular weight is 274 g/mol. The molecule has 0 radical (unpaired) electrons. The third-order valence-corrected chi connectivity index (χ3v) is 3.98. The van der Waals surface area contributed by atoms with Crippen LogP contribution in [0.1, 0.15) is 19.8 Å². The molecule has 1 N–H and O–H groups in total. The first kappa shape index (κ1) is 15.2. The van der Waals surface area contributed by atoms with Gasteiger partial charge in [0.2, 0.25) is 5.91 Å². The SMILES string of the molecule is C=CCNC(=O)CN(C(C)CS(C)(=O)=O)C1CC1. The largest absolute Gasteiger partial charge is 0.352 e. The van der Waals surface area contributed by atoms with Crippen molar-refractivity contribution in [2.24, 2.45) is 0 Å². The zero-order chi connectivity index (χ0) is 13.8. The molecule has 0 bridgehead atoms. The molecule has 1 aliphatic rings. The molecule has 5 nitrogen and oxygen atoms in total. The summed E-state index contributed by atoms with van der Waals surface area (Å²) in [6.45, 7) is 6.10. The van der Waals surface area contributed by atoms with Gasteiger partial charge < -0.3 is 5.32 Å². The van der Waals surface area contributed by atoms with Gasteiger partial charge in [-0.15, -0.1) is 6.58 Å². The molecule has 0 aromatic carbocycles. The maximum atomic E-state index is 11.7. The summed E-state index contributed by atoms with van der Waals surface area (Å²) in [6.07, 6.45) is 4.94. The van der Waals surface area contributed by atoms with E-state index in [9.17, 15) is 13.2 Å². The lowest BCUT2D eigenvalue weighted by Crippen LogP contribution is -2.45. The molecule has 1 fully saturated rings. The Kier molecular flexibility index (Phi) is 5.34. The molecular weight excluding hydrogens is 252 g/mol. The molecule has 0 heterocycles. The maximum Gasteiger partial charge on any atom is 0.234 e. The summed E-state index contributed by atoms with van der Waals surface area (Å²) in [5.74, 6) is 0.0141. The number of amides is 1. The Hall–Kier alpha value is -0.880. The normalized spacial score (nSPS) is 17.5. The van der Waals surface area contributed by atoms with Gasteiger partial charge in [-0.1, -0.05) is 6.08 Å². The molecule has 1 rings (SSSR count). The lowest BCUT2D eigenvalue weighted by Gasteiger charge is -2.27. The molecule has 0 saturated heterocycles. The van der Waals surface area contributed by atoms with Crippen LogP contribution in [-0.4, -0.2) is 56.4 Å². The third-order valence-electron chi connectivity index (χ3n) is 2.90. The van der Waals surface area contributed by atoms with Crippen molar-refractivity contribution in [2.75, 3.05) is 25.1 Å². The van der Waals surface area contributed by atoms with Crippen molar-refractivity contribution in [1.82, 2.24) is 10.2 Å². The van der Waals surface area contributed by atoms with E-state index < -0.39 is 9.84 Å². The van der Waals surface area contributed by atoms with E-state index >= 15 is 0 Å². The van der Waals surface area contributed by atoms with E-state index in [-0.39, 0.29) is 24.2 Å². The molecule has 1 unspecified atom stereocenters. The summed E-state index contributed by atoms with van der Waals surface area (Å²) in [6, 6.07) is 0.234. The van der Waals surface area contributed by atoms with Crippen molar-refractivity contribution < 1.29 is 13.2 Å². The average Bonchev–Trinajstić information content (AvgIpc) is 3.04. The molecule has 104 valence electrons. The second-order valence-corrected chi connectivity index (χ2v) is 7.12. The van der Waals surface area contributed by atoms with Gasteiger partial charge in [0.1, 0.15) is 9.84 Å². The molecule has 0 spiro atoms. The summed E-state index contributed by atoms with van der Waals surface area (Å²) in [5, 5.41) is 2.72. The van der Waals surface area contributed by atoms with Crippen LogP contribution < -0.4 is 5.32 Å². The highest BCUT2D eigenvalue weighted by Crippen LogP contribution is 2.28. The summed E-state index contributed by atoms with van der Waals surface area (Å²) in [4.78, 5) is 13.7. The monoisotopic (exact) mass is 274 g/mol. The Morgan fingerprint density at radius 2 is 2.17 bits per heavy atom. The van der Waals surface area contributed by atoms with Crippen LogP contribution in [0.2, 0.25) is 0 Å². The molecule has 1 amide bonds. The van der Waals surface area contributed by atoms with Crippen LogP contribution in [0.25, 0.3) is 0 Å². The fraction of sp³-hybridized carbons (Fsp3) is 0.750. The Balaban J connectivity index is 2.54. The van der Waals surface area contributed by atoms with Crippen LogP contribution in [0.15, 0.2) is 12.7 Å². The quantitative estimate of drug-likeness (QED) is 0.642. The van der Waals surface area contributed by atoms with E-state index in [2.05, 4.69) is 11.9 Å². The summed E-state index contributed by atoms with van der Waals surface area (Å²) in [5.41, 5.74) is 0. The van der Waals surface area contributed by atoms with Gasteiger partial charge >= 0.3 is 0 Å². The lowest BCUT2D eigenvalue weighted by molar-refractivity contribution is -0.122. The highest BCUT2D eigenvalue weighted by molar-refractivity contribution is 7.90. The van der Waals surface area contributed by atoms with Crippen LogP contribution >= 0.6 is 0 Å². The number of hydrogen-bond donors (Lipinski definition) is 1. The minimum Gasteiger partial charge on any atom is -0.352 e. The van der Waals surface area contributed by atoms with E-state index in [0.29, 0.717) is 12.6 Å². The van der Waals surface area contributed by atoms with Gasteiger partial charge in [0.15, 0.2) is 0 Å². The van der Waals surface area contributed by atoms with E-state index in [1.54, 1.807) is 6.08 Å². The van der Waals surface area contributed by atoms with Gasteiger partial charge in [-0.2, -0.15) is 0 Å². The van der Waals surface area contributed by atoms with E-state index in [0.717, 1.165) is 12.8 Å². The first-order chi connectivity index (χ1) is 8.33. The number of rotatable bonds is 8. The number of hydrogen-bond acceptors (Lipinski definition) is 4. The van der Waals surface area contributed by atoms with Crippen molar-refractivity contribution in [2.45, 2.75) is 31.8 Å². The van der Waals surface area contributed by atoms with Gasteiger partial charge in [-0.05, 0) is 19.8 Å². The van der Waals surface area contributed by atoms with Crippen molar-refractivity contribution in [3.05, 3.63) is 12.7 Å². The number of nitrogens with zero attached hydrogens (tertiary/aromatic N) is 1. The Labute approximate surface area is 109 Å². The molecule has 0 aromatic heterocycles. The summed E-state index contributed by atoms with van der Waals surface area (Å²) in [7, 11) is -3.02. The second-order valence-electron chi connectivity index (χ2n) is 4.94. The van der Waals surface area contributed by atoms with Gasteiger partial charge in [0.25, 0.3) is 0 Å². The minimum atomic E-state index is -3.02. The van der Waals surface area contributed by atoms with Crippen molar-refractivity contribution in [3.63, 3.8) is 0 Å². The number of sulfone groups is 1. The smallest absolute Gasteiger partial charge is 0.234 e. The zero-order valence-corrected chi connectivity index (χ0v) is 11.9. The highest BCUT2D eigenvalue weighted by Gasteiger charge is 2.34. The van der Waals surface area contributed by atoms with E-state index in [4.69, 9.17) is 0 Å². The molecule has 6 heteroatoms. The molecule has 1 aliphatic carbocycles. The van der Waals surface area contributed by atoms with Crippen molar-refractivity contribution >= 4 is 15.7 Å².